The molecule has 1 N–H and O–H groups in total. The van der Waals surface area contributed by atoms with E-state index in [1.165, 1.54) is 6.20 Å². The van der Waals surface area contributed by atoms with Gasteiger partial charge in [-0.25, -0.2) is 9.97 Å². The number of carbonyl (C=O) groups is 1. The summed E-state index contributed by atoms with van der Waals surface area (Å²) in [6, 6.07) is 12.9. The van der Waals surface area contributed by atoms with Crippen molar-refractivity contribution >= 4 is 34.1 Å². The first-order chi connectivity index (χ1) is 9.74. The third kappa shape index (κ3) is 2.46. The Morgan fingerprint density at radius 3 is 2.65 bits per heavy atom. The summed E-state index contributed by atoms with van der Waals surface area (Å²) < 4.78 is 0. The highest BCUT2D eigenvalue weighted by molar-refractivity contribution is 6.33. The highest BCUT2D eigenvalue weighted by atomic mass is 35.5. The number of rotatable bonds is 2. The summed E-state index contributed by atoms with van der Waals surface area (Å²) in [6.07, 6.45) is 3.25. The summed E-state index contributed by atoms with van der Waals surface area (Å²) in [5.74, 6) is 0.152. The molecule has 2 aromatic heterocycles. The van der Waals surface area contributed by atoms with Gasteiger partial charge in [0.05, 0.1) is 5.56 Å². The van der Waals surface area contributed by atoms with Gasteiger partial charge in [-0.05, 0) is 23.6 Å². The van der Waals surface area contributed by atoms with Crippen LogP contribution in [0.2, 0.25) is 5.15 Å². The van der Waals surface area contributed by atoms with Crippen LogP contribution in [0.3, 0.4) is 0 Å². The van der Waals surface area contributed by atoms with Crippen LogP contribution in [0.5, 0.6) is 0 Å². The molecule has 20 heavy (non-hydrogen) atoms. The molecule has 0 spiro atoms. The van der Waals surface area contributed by atoms with Crippen LogP contribution in [0.1, 0.15) is 10.4 Å². The standard InChI is InChI=1S/C15H10ClN3O/c16-14-12(6-3-7-17-14)15(20)19-13-8-10-4-1-2-5-11(10)9-18-13/h1-9H,(H,18,19,20). The Balaban J connectivity index is 1.89. The van der Waals surface area contributed by atoms with Gasteiger partial charge >= 0.3 is 0 Å². The van der Waals surface area contributed by atoms with Gasteiger partial charge in [0.25, 0.3) is 5.91 Å². The summed E-state index contributed by atoms with van der Waals surface area (Å²) in [5, 5.41) is 4.92. The number of nitrogens with zero attached hydrogens (tertiary/aromatic N) is 2. The van der Waals surface area contributed by atoms with E-state index < -0.39 is 0 Å². The lowest BCUT2D eigenvalue weighted by atomic mass is 10.2. The number of pyridine rings is 2. The Morgan fingerprint density at radius 1 is 1.05 bits per heavy atom. The first-order valence-corrected chi connectivity index (χ1v) is 6.38. The fraction of sp³-hybridized carbons (Fsp3) is 0. The van der Waals surface area contributed by atoms with Crippen LogP contribution in [0.15, 0.2) is 54.9 Å². The molecule has 2 heterocycles. The number of fused-ring (bicyclic) bond motifs is 1. The summed E-state index contributed by atoms with van der Waals surface area (Å²) in [7, 11) is 0. The predicted octanol–water partition coefficient (Wildman–Crippen LogP) is 3.54. The lowest BCUT2D eigenvalue weighted by Gasteiger charge is -2.06. The molecular weight excluding hydrogens is 274 g/mol. The number of benzene rings is 1. The SMILES string of the molecule is O=C(Nc1cc2ccccc2cn1)c1cccnc1Cl. The molecule has 3 rings (SSSR count). The average Bonchev–Trinajstić information content (AvgIpc) is 2.47. The molecule has 0 saturated carbocycles. The summed E-state index contributed by atoms with van der Waals surface area (Å²) in [4.78, 5) is 20.2. The average molecular weight is 284 g/mol. The minimum Gasteiger partial charge on any atom is -0.306 e. The molecule has 0 aliphatic rings. The number of halogens is 1. The van der Waals surface area contributed by atoms with E-state index in [2.05, 4.69) is 15.3 Å². The monoisotopic (exact) mass is 283 g/mol. The summed E-state index contributed by atoms with van der Waals surface area (Å²) in [6.45, 7) is 0. The second kappa shape index (κ2) is 5.27. The maximum atomic E-state index is 12.1. The Hall–Kier alpha value is -2.46. The molecule has 0 aliphatic heterocycles. The number of hydrogen-bond donors (Lipinski definition) is 1. The van der Waals surface area contributed by atoms with Crippen molar-refractivity contribution in [2.45, 2.75) is 0 Å². The van der Waals surface area contributed by atoms with Gasteiger partial charge in [-0.2, -0.15) is 0 Å². The van der Waals surface area contributed by atoms with Crippen LogP contribution in [-0.2, 0) is 0 Å². The highest BCUT2D eigenvalue weighted by Gasteiger charge is 2.11. The second-order valence-corrected chi connectivity index (χ2v) is 4.57. The van der Waals surface area contributed by atoms with E-state index in [9.17, 15) is 4.79 Å². The van der Waals surface area contributed by atoms with Crippen molar-refractivity contribution in [3.8, 4) is 0 Å². The normalized spacial score (nSPS) is 10.4. The molecule has 3 aromatic rings. The van der Waals surface area contributed by atoms with Crippen molar-refractivity contribution in [1.82, 2.24) is 9.97 Å². The first kappa shape index (κ1) is 12.6. The zero-order chi connectivity index (χ0) is 13.9. The zero-order valence-corrected chi connectivity index (χ0v) is 11.1. The number of carbonyl (C=O) groups excluding carboxylic acids is 1. The maximum Gasteiger partial charge on any atom is 0.259 e. The van der Waals surface area contributed by atoms with Crippen molar-refractivity contribution in [3.05, 3.63) is 65.6 Å². The number of anilines is 1. The molecule has 0 fully saturated rings. The largest absolute Gasteiger partial charge is 0.306 e. The van der Waals surface area contributed by atoms with Crippen molar-refractivity contribution < 1.29 is 4.79 Å². The molecule has 0 saturated heterocycles. The number of hydrogen-bond acceptors (Lipinski definition) is 3. The number of nitrogens with one attached hydrogen (secondary N) is 1. The lowest BCUT2D eigenvalue weighted by molar-refractivity contribution is 0.102. The summed E-state index contributed by atoms with van der Waals surface area (Å²) >= 11 is 5.89. The Bertz CT molecular complexity index is 789. The molecule has 0 unspecified atom stereocenters. The predicted molar refractivity (Wildman–Crippen MR) is 78.9 cm³/mol. The Morgan fingerprint density at radius 2 is 1.85 bits per heavy atom. The molecule has 1 amide bonds. The zero-order valence-electron chi connectivity index (χ0n) is 10.4. The molecule has 0 aliphatic carbocycles. The minimum atomic E-state index is -0.328. The molecule has 1 aromatic carbocycles. The van der Waals surface area contributed by atoms with Crippen LogP contribution in [0.25, 0.3) is 10.8 Å². The molecule has 5 heteroatoms. The van der Waals surface area contributed by atoms with E-state index in [0.29, 0.717) is 11.4 Å². The molecule has 0 bridgehead atoms. The van der Waals surface area contributed by atoms with Gasteiger partial charge in [0.15, 0.2) is 0 Å². The maximum absolute atomic E-state index is 12.1. The van der Waals surface area contributed by atoms with Crippen LogP contribution in [0.4, 0.5) is 5.82 Å². The Kier molecular flexibility index (Phi) is 3.31. The van der Waals surface area contributed by atoms with Gasteiger partial charge in [-0.15, -0.1) is 0 Å². The van der Waals surface area contributed by atoms with Crippen molar-refractivity contribution in [2.24, 2.45) is 0 Å². The van der Waals surface area contributed by atoms with Gasteiger partial charge in [0.2, 0.25) is 0 Å². The van der Waals surface area contributed by atoms with Gasteiger partial charge in [-0.1, -0.05) is 35.9 Å². The molecule has 0 atom stereocenters. The molecule has 0 radical (unpaired) electrons. The van der Waals surface area contributed by atoms with Crippen LogP contribution in [0, 0.1) is 0 Å². The van der Waals surface area contributed by atoms with E-state index in [4.69, 9.17) is 11.6 Å². The van der Waals surface area contributed by atoms with Crippen molar-refractivity contribution in [1.29, 1.82) is 0 Å². The third-order valence-corrected chi connectivity index (χ3v) is 3.18. The van der Waals surface area contributed by atoms with E-state index in [-0.39, 0.29) is 11.1 Å². The molecule has 98 valence electrons. The number of amides is 1. The van der Waals surface area contributed by atoms with E-state index in [0.717, 1.165) is 10.8 Å². The smallest absolute Gasteiger partial charge is 0.259 e. The minimum absolute atomic E-state index is 0.172. The van der Waals surface area contributed by atoms with E-state index in [1.54, 1.807) is 18.3 Å². The van der Waals surface area contributed by atoms with Gasteiger partial charge in [-0.3, -0.25) is 4.79 Å². The van der Waals surface area contributed by atoms with Crippen LogP contribution in [-0.4, -0.2) is 15.9 Å². The fourth-order valence-electron chi connectivity index (χ4n) is 1.89. The highest BCUT2D eigenvalue weighted by Crippen LogP contribution is 2.18. The molecular formula is C15H10ClN3O. The van der Waals surface area contributed by atoms with Gasteiger partial charge in [0.1, 0.15) is 11.0 Å². The fourth-order valence-corrected chi connectivity index (χ4v) is 2.10. The van der Waals surface area contributed by atoms with Crippen molar-refractivity contribution in [3.63, 3.8) is 0 Å². The van der Waals surface area contributed by atoms with Crippen LogP contribution < -0.4 is 5.32 Å². The first-order valence-electron chi connectivity index (χ1n) is 6.01. The topological polar surface area (TPSA) is 54.9 Å². The second-order valence-electron chi connectivity index (χ2n) is 4.21. The van der Waals surface area contributed by atoms with Crippen LogP contribution >= 0.6 is 11.6 Å². The lowest BCUT2D eigenvalue weighted by Crippen LogP contribution is -2.13. The molecule has 4 nitrogen and oxygen atoms in total. The third-order valence-electron chi connectivity index (χ3n) is 2.88. The quantitative estimate of drug-likeness (QED) is 0.732. The number of aromatic nitrogens is 2. The van der Waals surface area contributed by atoms with Crippen molar-refractivity contribution in [2.75, 3.05) is 5.32 Å². The van der Waals surface area contributed by atoms with Gasteiger partial charge < -0.3 is 5.32 Å². The van der Waals surface area contributed by atoms with Gasteiger partial charge in [0, 0.05) is 17.8 Å². The van der Waals surface area contributed by atoms with E-state index in [1.807, 2.05) is 30.3 Å². The Labute approximate surface area is 120 Å². The summed E-state index contributed by atoms with van der Waals surface area (Å²) in [5.41, 5.74) is 0.323. The van der Waals surface area contributed by atoms with E-state index >= 15 is 0 Å².